The van der Waals surface area contributed by atoms with Gasteiger partial charge in [0, 0.05) is 22.9 Å². The molecule has 2 aliphatic rings. The Balaban J connectivity index is 1.34. The fraction of sp³-hybridized carbons (Fsp3) is 0.156. The monoisotopic (exact) mass is 564 g/mol. The minimum atomic E-state index is -1.67. The van der Waals surface area contributed by atoms with Gasteiger partial charge in [0.25, 0.3) is 0 Å². The molecule has 4 aromatic carbocycles. The number of para-hydroxylation sites is 4. The van der Waals surface area contributed by atoms with Crippen LogP contribution in [0.1, 0.15) is 6.92 Å². The van der Waals surface area contributed by atoms with Crippen LogP contribution in [0.5, 0.6) is 0 Å². The Labute approximate surface area is 242 Å². The third-order valence-corrected chi connectivity index (χ3v) is 8.62. The summed E-state index contributed by atoms with van der Waals surface area (Å²) < 4.78 is 0. The predicted molar refractivity (Wildman–Crippen MR) is 159 cm³/mol. The molecule has 6 rings (SSSR count). The van der Waals surface area contributed by atoms with Crippen LogP contribution < -0.4 is 9.80 Å². The van der Waals surface area contributed by atoms with Gasteiger partial charge in [-0.25, -0.2) is 14.4 Å². The maximum atomic E-state index is 14.3. The van der Waals surface area contributed by atoms with E-state index in [2.05, 4.69) is 0 Å². The number of carbonyl (C=O) groups excluding carboxylic acids is 2. The van der Waals surface area contributed by atoms with Gasteiger partial charge in [0.05, 0.1) is 29.3 Å². The van der Waals surface area contributed by atoms with E-state index in [4.69, 9.17) is 0 Å². The van der Waals surface area contributed by atoms with Gasteiger partial charge in [-0.3, -0.25) is 9.80 Å². The van der Waals surface area contributed by atoms with E-state index in [-0.39, 0.29) is 25.7 Å². The summed E-state index contributed by atoms with van der Waals surface area (Å²) in [4.78, 5) is 49.1. The van der Waals surface area contributed by atoms with Crippen molar-refractivity contribution in [3.63, 3.8) is 0 Å². The van der Waals surface area contributed by atoms with E-state index < -0.39 is 17.5 Å². The zero-order chi connectivity index (χ0) is 28.6. The van der Waals surface area contributed by atoms with Crippen LogP contribution in [0.2, 0.25) is 0 Å². The zero-order valence-electron chi connectivity index (χ0n) is 22.4. The van der Waals surface area contributed by atoms with E-state index in [1.54, 1.807) is 21.6 Å². The molecule has 9 heteroatoms. The Bertz CT molecular complexity index is 1530. The van der Waals surface area contributed by atoms with Gasteiger partial charge in [0.1, 0.15) is 0 Å². The number of nitrogens with zero attached hydrogens (tertiary/aromatic N) is 4. The Kier molecular flexibility index (Phi) is 6.88. The highest BCUT2D eigenvalue weighted by Crippen LogP contribution is 2.48. The number of benzene rings is 4. The highest BCUT2D eigenvalue weighted by molar-refractivity contribution is 7.99. The van der Waals surface area contributed by atoms with Gasteiger partial charge in [-0.05, 0) is 55.5 Å². The van der Waals surface area contributed by atoms with Gasteiger partial charge in [-0.15, -0.1) is 0 Å². The van der Waals surface area contributed by atoms with Crippen molar-refractivity contribution in [3.8, 4) is 0 Å². The zero-order valence-corrected chi connectivity index (χ0v) is 23.2. The molecule has 0 saturated carbocycles. The number of anilines is 4. The number of amides is 4. The van der Waals surface area contributed by atoms with Crippen molar-refractivity contribution < 1.29 is 19.5 Å². The molecule has 4 aromatic rings. The fourth-order valence-corrected chi connectivity index (χ4v) is 6.41. The first-order valence-corrected chi connectivity index (χ1v) is 14.1. The second kappa shape index (κ2) is 10.7. The molecule has 0 aliphatic carbocycles. The largest absolute Gasteiger partial charge is 0.479 e. The molecule has 1 atom stereocenters. The van der Waals surface area contributed by atoms with Crippen LogP contribution in [0.15, 0.2) is 119 Å². The third-order valence-electron chi connectivity index (χ3n) is 7.49. The first kappa shape index (κ1) is 26.5. The van der Waals surface area contributed by atoms with Crippen molar-refractivity contribution in [1.29, 1.82) is 0 Å². The predicted octanol–water partition coefficient (Wildman–Crippen LogP) is 6.83. The fourth-order valence-electron chi connectivity index (χ4n) is 5.35. The molecule has 4 amide bonds. The highest BCUT2D eigenvalue weighted by atomic mass is 32.2. The van der Waals surface area contributed by atoms with Crippen LogP contribution in [-0.2, 0) is 4.79 Å². The molecule has 206 valence electrons. The molecule has 0 unspecified atom stereocenters. The third kappa shape index (κ3) is 4.68. The van der Waals surface area contributed by atoms with Crippen LogP contribution in [-0.4, -0.2) is 58.1 Å². The van der Waals surface area contributed by atoms with Crippen LogP contribution in [0, 0.1) is 0 Å². The number of carbonyl (C=O) groups is 3. The number of hydrogen-bond donors (Lipinski definition) is 1. The van der Waals surface area contributed by atoms with Crippen molar-refractivity contribution in [1.82, 2.24) is 9.80 Å². The van der Waals surface area contributed by atoms with E-state index in [1.165, 1.54) is 16.7 Å². The lowest BCUT2D eigenvalue weighted by Gasteiger charge is -2.48. The molecule has 1 N–H and O–H groups in total. The molecule has 2 heterocycles. The average molecular weight is 565 g/mol. The lowest BCUT2D eigenvalue weighted by Crippen LogP contribution is -2.69. The lowest BCUT2D eigenvalue weighted by atomic mass is 9.96. The molecule has 0 bridgehead atoms. The van der Waals surface area contributed by atoms with Gasteiger partial charge in [-0.2, -0.15) is 0 Å². The van der Waals surface area contributed by atoms with Crippen LogP contribution in [0.3, 0.4) is 0 Å². The summed E-state index contributed by atoms with van der Waals surface area (Å²) >= 11 is 1.57. The molecular weight excluding hydrogens is 536 g/mol. The van der Waals surface area contributed by atoms with E-state index >= 15 is 0 Å². The lowest BCUT2D eigenvalue weighted by molar-refractivity contribution is -0.151. The number of piperazine rings is 1. The SMILES string of the molecule is C[C@]1(C(=O)O)CN(C(=O)N(c2ccccc2)c2ccccc2)CCN1C(=O)N1c2ccccc2Sc2ccccc21. The van der Waals surface area contributed by atoms with Crippen molar-refractivity contribution in [2.24, 2.45) is 0 Å². The van der Waals surface area contributed by atoms with Gasteiger partial charge < -0.3 is 14.9 Å². The van der Waals surface area contributed by atoms with Crippen molar-refractivity contribution in [2.75, 3.05) is 29.4 Å². The van der Waals surface area contributed by atoms with Gasteiger partial charge in [-0.1, -0.05) is 72.4 Å². The minimum absolute atomic E-state index is 0.0543. The molecule has 1 saturated heterocycles. The van der Waals surface area contributed by atoms with Gasteiger partial charge in [0.2, 0.25) is 0 Å². The Hall–Kier alpha value is -4.76. The molecule has 1 fully saturated rings. The number of urea groups is 2. The smallest absolute Gasteiger partial charge is 0.331 e. The summed E-state index contributed by atoms with van der Waals surface area (Å²) in [6.45, 7) is 1.57. The molecule has 2 aliphatic heterocycles. The van der Waals surface area contributed by atoms with Gasteiger partial charge in [0.15, 0.2) is 5.54 Å². The summed E-state index contributed by atoms with van der Waals surface area (Å²) in [7, 11) is 0. The molecule has 0 spiro atoms. The van der Waals surface area contributed by atoms with Crippen molar-refractivity contribution in [3.05, 3.63) is 109 Å². The maximum absolute atomic E-state index is 14.3. The maximum Gasteiger partial charge on any atom is 0.331 e. The molecule has 0 radical (unpaired) electrons. The van der Waals surface area contributed by atoms with Gasteiger partial charge >= 0.3 is 18.0 Å². The number of carboxylic acid groups (broad SMARTS) is 1. The molecule has 0 aromatic heterocycles. The normalized spacial score (nSPS) is 17.8. The number of hydrogen-bond acceptors (Lipinski definition) is 4. The summed E-state index contributed by atoms with van der Waals surface area (Å²) in [6.07, 6.45) is 0. The quantitative estimate of drug-likeness (QED) is 0.295. The van der Waals surface area contributed by atoms with Crippen molar-refractivity contribution >= 4 is 52.5 Å². The van der Waals surface area contributed by atoms with Crippen LogP contribution >= 0.6 is 11.8 Å². The van der Waals surface area contributed by atoms with Crippen LogP contribution in [0.25, 0.3) is 0 Å². The second-order valence-electron chi connectivity index (χ2n) is 10.1. The number of aliphatic carboxylic acids is 1. The summed E-state index contributed by atoms with van der Waals surface area (Å²) in [5.41, 5.74) is 1.06. The Morgan fingerprint density at radius 1 is 0.732 bits per heavy atom. The number of fused-ring (bicyclic) bond motifs is 2. The standard InChI is InChI=1S/C32H28N4O4S/c1-32(29(37)38)22-33(30(39)35(23-12-4-2-5-13-23)24-14-6-3-7-15-24)20-21-34(32)31(40)36-25-16-8-10-18-27(25)41-28-19-11-9-17-26(28)36/h2-19H,20-22H2,1H3,(H,37,38)/t32-/m1/s1. The van der Waals surface area contributed by atoms with E-state index in [0.717, 1.165) is 9.79 Å². The van der Waals surface area contributed by atoms with Crippen LogP contribution in [0.4, 0.5) is 32.3 Å². The van der Waals surface area contributed by atoms with E-state index in [0.29, 0.717) is 22.7 Å². The molecular formula is C32H28N4O4S. The van der Waals surface area contributed by atoms with Crippen molar-refractivity contribution in [2.45, 2.75) is 22.3 Å². The Morgan fingerprint density at radius 2 is 1.22 bits per heavy atom. The number of rotatable bonds is 3. The summed E-state index contributed by atoms with van der Waals surface area (Å²) in [5, 5.41) is 10.5. The molecule has 8 nitrogen and oxygen atoms in total. The highest BCUT2D eigenvalue weighted by Gasteiger charge is 2.50. The summed E-state index contributed by atoms with van der Waals surface area (Å²) in [6, 6.07) is 32.9. The van der Waals surface area contributed by atoms with E-state index in [1.807, 2.05) is 109 Å². The first-order valence-electron chi connectivity index (χ1n) is 13.3. The Morgan fingerprint density at radius 3 is 1.73 bits per heavy atom. The van der Waals surface area contributed by atoms with E-state index in [9.17, 15) is 19.5 Å². The summed E-state index contributed by atoms with van der Waals surface area (Å²) in [5.74, 6) is -1.18. The minimum Gasteiger partial charge on any atom is -0.479 e. The second-order valence-corrected chi connectivity index (χ2v) is 11.2. The average Bonchev–Trinajstić information content (AvgIpc) is 3.00. The topological polar surface area (TPSA) is 84.4 Å². The molecule has 41 heavy (non-hydrogen) atoms. The first-order chi connectivity index (χ1) is 19.9. The number of carboxylic acids is 1.